The van der Waals surface area contributed by atoms with E-state index in [0.717, 1.165) is 63.6 Å². The summed E-state index contributed by atoms with van der Waals surface area (Å²) >= 11 is 0. The highest BCUT2D eigenvalue weighted by atomic mass is 16.7. The van der Waals surface area contributed by atoms with Gasteiger partial charge in [-0.3, -0.25) is 19.4 Å². The molecule has 3 aromatic rings. The Morgan fingerprint density at radius 3 is 2.57 bits per heavy atom. The van der Waals surface area contributed by atoms with Gasteiger partial charge in [0.25, 0.3) is 0 Å². The summed E-state index contributed by atoms with van der Waals surface area (Å²) in [5.41, 5.74) is 4.74. The molecule has 1 saturated carbocycles. The number of nitrogens with one attached hydrogen (secondary N) is 2. The molecule has 0 spiro atoms. The van der Waals surface area contributed by atoms with E-state index in [1.807, 2.05) is 23.3 Å². The topological polar surface area (TPSA) is 102 Å². The zero-order chi connectivity index (χ0) is 35.5. The normalized spacial score (nSPS) is 21.8. The van der Waals surface area contributed by atoms with E-state index in [9.17, 15) is 4.79 Å². The molecule has 0 radical (unpaired) electrons. The molecule has 1 unspecified atom stereocenters. The minimum atomic E-state index is -0.262. The lowest BCUT2D eigenvalue weighted by Crippen LogP contribution is -2.57. The van der Waals surface area contributed by atoms with Crippen LogP contribution in [0.4, 0.5) is 34.4 Å². The van der Waals surface area contributed by atoms with Crippen molar-refractivity contribution in [3.8, 4) is 5.75 Å². The first kappa shape index (κ1) is 35.0. The Bertz CT molecular complexity index is 1690. The van der Waals surface area contributed by atoms with Crippen LogP contribution in [0.25, 0.3) is 0 Å². The molecule has 3 aliphatic heterocycles. The lowest BCUT2D eigenvalue weighted by Gasteiger charge is -2.46. The van der Waals surface area contributed by atoms with Gasteiger partial charge in [0.05, 0.1) is 36.8 Å². The number of carbonyl (C=O) groups is 1. The van der Waals surface area contributed by atoms with Crippen molar-refractivity contribution in [3.63, 3.8) is 0 Å². The Morgan fingerprint density at radius 2 is 1.84 bits per heavy atom. The number of anilines is 6. The van der Waals surface area contributed by atoms with Crippen LogP contribution >= 0.6 is 0 Å². The molecule has 2 aromatic carbocycles. The number of piperazine rings is 1. The van der Waals surface area contributed by atoms with Crippen LogP contribution in [-0.4, -0.2) is 110 Å². The third kappa shape index (κ3) is 8.08. The number of carbonyl (C=O) groups excluding carboxylic acids is 1. The van der Waals surface area contributed by atoms with E-state index in [1.54, 1.807) is 13.4 Å². The number of benzene rings is 2. The predicted octanol–water partition coefficient (Wildman–Crippen LogP) is 5.31. The van der Waals surface area contributed by atoms with Gasteiger partial charge in [0.1, 0.15) is 17.9 Å². The number of methoxy groups -OCH3 is 1. The molecule has 4 heterocycles. The van der Waals surface area contributed by atoms with Crippen molar-refractivity contribution in [1.29, 1.82) is 0 Å². The first-order valence-electron chi connectivity index (χ1n) is 18.5. The van der Waals surface area contributed by atoms with Crippen LogP contribution in [0.5, 0.6) is 5.75 Å². The van der Waals surface area contributed by atoms with Gasteiger partial charge in [-0.1, -0.05) is 18.7 Å². The van der Waals surface area contributed by atoms with Crippen LogP contribution < -0.4 is 30.2 Å². The Kier molecular flexibility index (Phi) is 10.6. The first-order chi connectivity index (χ1) is 24.8. The minimum absolute atomic E-state index is 0.139. The van der Waals surface area contributed by atoms with Gasteiger partial charge in [0.2, 0.25) is 5.91 Å². The molecule has 272 valence electrons. The summed E-state index contributed by atoms with van der Waals surface area (Å²) in [6.45, 7) is 12.0. The maximum Gasteiger partial charge on any atom is 0.247 e. The molecule has 4 aliphatic rings. The molecule has 2 atom stereocenters. The highest BCUT2D eigenvalue weighted by Gasteiger charge is 2.37. The number of rotatable bonds is 12. The van der Waals surface area contributed by atoms with Gasteiger partial charge in [0.15, 0.2) is 5.82 Å². The Labute approximate surface area is 302 Å². The molecular formula is C39H53N9O3. The fraction of sp³-hybridized carbons (Fsp3) is 0.513. The molecular weight excluding hydrogens is 642 g/mol. The molecule has 2 N–H and O–H groups in total. The van der Waals surface area contributed by atoms with E-state index < -0.39 is 0 Å². The molecule has 3 saturated heterocycles. The van der Waals surface area contributed by atoms with E-state index in [1.165, 1.54) is 36.7 Å². The van der Waals surface area contributed by atoms with Crippen molar-refractivity contribution in [2.24, 2.45) is 0 Å². The number of ether oxygens (including phenoxy) is 1. The lowest BCUT2D eigenvalue weighted by molar-refractivity contribution is -0.111. The highest BCUT2D eigenvalue weighted by molar-refractivity contribution is 6.02. The van der Waals surface area contributed by atoms with Gasteiger partial charge in [-0.15, -0.1) is 0 Å². The zero-order valence-corrected chi connectivity index (χ0v) is 30.6. The summed E-state index contributed by atoms with van der Waals surface area (Å²) in [6, 6.07) is 16.6. The molecule has 1 aliphatic carbocycles. The number of amides is 1. The predicted molar refractivity (Wildman–Crippen MR) is 204 cm³/mol. The van der Waals surface area contributed by atoms with Crippen molar-refractivity contribution in [2.45, 2.75) is 69.6 Å². The number of hydrogen-bond acceptors (Lipinski definition) is 11. The van der Waals surface area contributed by atoms with E-state index in [-0.39, 0.29) is 11.9 Å². The van der Waals surface area contributed by atoms with Gasteiger partial charge >= 0.3 is 0 Å². The van der Waals surface area contributed by atoms with Crippen LogP contribution in [0.1, 0.15) is 44.6 Å². The molecule has 51 heavy (non-hydrogen) atoms. The maximum absolute atomic E-state index is 12.7. The van der Waals surface area contributed by atoms with Crippen molar-refractivity contribution < 1.29 is 14.4 Å². The van der Waals surface area contributed by atoms with Crippen molar-refractivity contribution in [2.75, 3.05) is 86.0 Å². The molecule has 0 bridgehead atoms. The van der Waals surface area contributed by atoms with Gasteiger partial charge in [-0.25, -0.2) is 15.0 Å². The summed E-state index contributed by atoms with van der Waals surface area (Å²) in [5, 5.41) is 8.40. The number of hydrogen-bond donors (Lipinski definition) is 2. The molecule has 1 aromatic heterocycles. The van der Waals surface area contributed by atoms with E-state index >= 15 is 0 Å². The van der Waals surface area contributed by atoms with Crippen LogP contribution in [0, 0.1) is 0 Å². The highest BCUT2D eigenvalue weighted by Crippen LogP contribution is 2.40. The largest absolute Gasteiger partial charge is 0.494 e. The average molecular weight is 696 g/mol. The van der Waals surface area contributed by atoms with Crippen LogP contribution in [0.15, 0.2) is 61.4 Å². The molecule has 1 amide bonds. The van der Waals surface area contributed by atoms with Crippen LogP contribution in [-0.2, 0) is 16.1 Å². The summed E-state index contributed by atoms with van der Waals surface area (Å²) in [4.78, 5) is 37.8. The standard InChI is InChI=1S/C39H53N9O3/c1-6-39(49)43-33-22-34(36(50-5)23-35(33)45-15-12-29(13-16-45)46-17-18-47(27(2)25-46)30-10-11-30)42-37-24-38(41-26-40-37)48-32(14-19-51-48)21-28-8-7-9-31(20-28)44(3)4/h6-9,20,22-24,26-27,29-30,32H,1,10-19,21,25H2,2-5H3,(H,43,49)(H,40,41,42)/t27-,32?/m0/s1. The smallest absolute Gasteiger partial charge is 0.247 e. The van der Waals surface area contributed by atoms with Crippen LogP contribution in [0.2, 0.25) is 0 Å². The van der Waals surface area contributed by atoms with Crippen molar-refractivity contribution in [3.05, 3.63) is 67.0 Å². The monoisotopic (exact) mass is 695 g/mol. The third-order valence-corrected chi connectivity index (χ3v) is 10.9. The summed E-state index contributed by atoms with van der Waals surface area (Å²) in [5.74, 6) is 1.67. The molecule has 7 rings (SSSR count). The maximum atomic E-state index is 12.7. The van der Waals surface area contributed by atoms with Gasteiger partial charge in [0, 0.05) is 82.8 Å². The number of hydroxylamine groups is 1. The van der Waals surface area contributed by atoms with Crippen molar-refractivity contribution in [1.82, 2.24) is 19.8 Å². The molecule has 12 nitrogen and oxygen atoms in total. The second-order valence-electron chi connectivity index (χ2n) is 14.6. The first-order valence-corrected chi connectivity index (χ1v) is 18.5. The fourth-order valence-electron chi connectivity index (χ4n) is 7.99. The van der Waals surface area contributed by atoms with E-state index in [2.05, 4.69) is 92.1 Å². The fourth-order valence-corrected chi connectivity index (χ4v) is 7.99. The quantitative estimate of drug-likeness (QED) is 0.241. The molecule has 12 heteroatoms. The minimum Gasteiger partial charge on any atom is -0.494 e. The van der Waals surface area contributed by atoms with Gasteiger partial charge < -0.3 is 25.2 Å². The SMILES string of the molecule is C=CC(=O)Nc1cc(Nc2cc(N3OCCC3Cc3cccc(N(C)C)c3)ncn2)c(OC)cc1N1CCC(N2CCN(C3CC3)[C@@H](C)C2)CC1. The number of nitrogens with zero attached hydrogens (tertiary/aromatic N) is 7. The van der Waals surface area contributed by atoms with Gasteiger partial charge in [-0.05, 0) is 75.3 Å². The van der Waals surface area contributed by atoms with E-state index in [0.29, 0.717) is 47.5 Å². The van der Waals surface area contributed by atoms with Gasteiger partial charge in [-0.2, -0.15) is 0 Å². The zero-order valence-electron chi connectivity index (χ0n) is 30.6. The third-order valence-electron chi connectivity index (χ3n) is 10.9. The second kappa shape index (κ2) is 15.5. The average Bonchev–Trinajstić information content (AvgIpc) is 3.89. The number of piperidine rings is 1. The van der Waals surface area contributed by atoms with E-state index in [4.69, 9.17) is 9.57 Å². The Balaban J connectivity index is 1.06. The summed E-state index contributed by atoms with van der Waals surface area (Å²) in [6.07, 6.45) is 9.48. The summed E-state index contributed by atoms with van der Waals surface area (Å²) < 4.78 is 5.92. The second-order valence-corrected chi connectivity index (χ2v) is 14.6. The molecule has 4 fully saturated rings. The number of aromatic nitrogens is 2. The Morgan fingerprint density at radius 1 is 1.02 bits per heavy atom. The lowest BCUT2D eigenvalue weighted by atomic mass is 9.99. The Hall–Kier alpha value is -4.39. The summed E-state index contributed by atoms with van der Waals surface area (Å²) in [7, 11) is 5.78. The van der Waals surface area contributed by atoms with Crippen LogP contribution in [0.3, 0.4) is 0 Å². The van der Waals surface area contributed by atoms with Crippen molar-refractivity contribution >= 4 is 40.3 Å².